The zero-order chi connectivity index (χ0) is 22.5. The summed E-state index contributed by atoms with van der Waals surface area (Å²) in [5.74, 6) is 0.578. The number of halogens is 2. The number of benzene rings is 3. The Bertz CT molecular complexity index is 1230. The zero-order valence-electron chi connectivity index (χ0n) is 17.6. The molecule has 0 atom stereocenters. The van der Waals surface area contributed by atoms with Crippen molar-refractivity contribution in [1.29, 1.82) is 0 Å². The predicted octanol–water partition coefficient (Wildman–Crippen LogP) is 6.51. The fraction of sp³-hybridized carbons (Fsp3) is 0.160. The van der Waals surface area contributed by atoms with E-state index in [1.807, 2.05) is 53.1 Å². The Balaban J connectivity index is 1.58. The van der Waals surface area contributed by atoms with Gasteiger partial charge in [0, 0.05) is 47.8 Å². The van der Waals surface area contributed by atoms with Gasteiger partial charge in [-0.25, -0.2) is 4.39 Å². The van der Waals surface area contributed by atoms with E-state index >= 15 is 0 Å². The number of imidazole rings is 1. The molecule has 0 bridgehead atoms. The van der Waals surface area contributed by atoms with Gasteiger partial charge >= 0.3 is 0 Å². The second-order valence-electron chi connectivity index (χ2n) is 7.37. The standard InChI is InChI=1S/C25H23ClFN3OS/c1-31-24-12-8-21(9-13-24)28-14-15-29-17-23(16-18-2-6-20(27)7-3-18)30(25(29)32)22-10-4-19(26)5-11-22/h2-13,17,28H,14-16H2,1H3. The highest BCUT2D eigenvalue weighted by atomic mass is 35.5. The summed E-state index contributed by atoms with van der Waals surface area (Å²) in [7, 11) is 1.65. The van der Waals surface area contributed by atoms with Crippen molar-refractivity contribution in [3.05, 3.63) is 106 Å². The quantitative estimate of drug-likeness (QED) is 0.299. The zero-order valence-corrected chi connectivity index (χ0v) is 19.2. The molecule has 0 aliphatic carbocycles. The van der Waals surface area contributed by atoms with Gasteiger partial charge in [-0.3, -0.25) is 4.57 Å². The molecule has 0 saturated heterocycles. The molecule has 7 heteroatoms. The normalized spacial score (nSPS) is 10.8. The molecule has 0 fully saturated rings. The maximum Gasteiger partial charge on any atom is 0.184 e. The minimum Gasteiger partial charge on any atom is -0.497 e. The van der Waals surface area contributed by atoms with E-state index in [9.17, 15) is 4.39 Å². The molecule has 0 radical (unpaired) electrons. The van der Waals surface area contributed by atoms with Crippen LogP contribution in [0, 0.1) is 10.6 Å². The molecular weight excluding hydrogens is 445 g/mol. The predicted molar refractivity (Wildman–Crippen MR) is 130 cm³/mol. The van der Waals surface area contributed by atoms with Crippen molar-refractivity contribution in [2.24, 2.45) is 0 Å². The molecule has 3 aromatic carbocycles. The van der Waals surface area contributed by atoms with Crippen molar-refractivity contribution in [3.63, 3.8) is 0 Å². The highest BCUT2D eigenvalue weighted by Gasteiger charge is 2.12. The summed E-state index contributed by atoms with van der Waals surface area (Å²) >= 11 is 11.9. The molecule has 32 heavy (non-hydrogen) atoms. The number of hydrogen-bond acceptors (Lipinski definition) is 3. The van der Waals surface area contributed by atoms with Crippen molar-refractivity contribution in [1.82, 2.24) is 9.13 Å². The fourth-order valence-electron chi connectivity index (χ4n) is 3.54. The number of rotatable bonds is 8. The van der Waals surface area contributed by atoms with Crippen LogP contribution in [0.3, 0.4) is 0 Å². The van der Waals surface area contributed by atoms with Crippen molar-refractivity contribution in [2.75, 3.05) is 19.0 Å². The van der Waals surface area contributed by atoms with Crippen molar-refractivity contribution in [2.45, 2.75) is 13.0 Å². The maximum absolute atomic E-state index is 13.3. The maximum atomic E-state index is 13.3. The fourth-order valence-corrected chi connectivity index (χ4v) is 4.03. The molecular formula is C25H23ClFN3OS. The molecule has 4 aromatic rings. The van der Waals surface area contributed by atoms with Crippen LogP contribution in [0.5, 0.6) is 5.75 Å². The number of hydrogen-bond donors (Lipinski definition) is 1. The van der Waals surface area contributed by atoms with Crippen molar-refractivity contribution < 1.29 is 9.13 Å². The Kier molecular flexibility index (Phi) is 6.93. The van der Waals surface area contributed by atoms with Gasteiger partial charge in [0.1, 0.15) is 11.6 Å². The van der Waals surface area contributed by atoms with Crippen molar-refractivity contribution >= 4 is 29.5 Å². The molecule has 0 aliphatic heterocycles. The smallest absolute Gasteiger partial charge is 0.184 e. The summed E-state index contributed by atoms with van der Waals surface area (Å²) in [6.07, 6.45) is 2.70. The summed E-state index contributed by atoms with van der Waals surface area (Å²) in [4.78, 5) is 0. The second-order valence-corrected chi connectivity index (χ2v) is 8.17. The molecule has 0 aliphatic rings. The average molecular weight is 468 g/mol. The molecule has 4 rings (SSSR count). The summed E-state index contributed by atoms with van der Waals surface area (Å²) in [6, 6.07) is 22.0. The van der Waals surface area contributed by atoms with Gasteiger partial charge in [-0.15, -0.1) is 0 Å². The van der Waals surface area contributed by atoms with Crippen LogP contribution in [-0.4, -0.2) is 22.8 Å². The van der Waals surface area contributed by atoms with Crippen LogP contribution in [0.1, 0.15) is 11.3 Å². The second kappa shape index (κ2) is 10.0. The first-order valence-corrected chi connectivity index (χ1v) is 11.0. The highest BCUT2D eigenvalue weighted by molar-refractivity contribution is 7.71. The van der Waals surface area contributed by atoms with Gasteiger partial charge in [0.25, 0.3) is 0 Å². The van der Waals surface area contributed by atoms with E-state index in [4.69, 9.17) is 28.6 Å². The monoisotopic (exact) mass is 467 g/mol. The van der Waals surface area contributed by atoms with E-state index in [1.165, 1.54) is 12.1 Å². The first kappa shape index (κ1) is 22.1. The van der Waals surface area contributed by atoms with Gasteiger partial charge in [0.05, 0.1) is 7.11 Å². The average Bonchev–Trinajstić information content (AvgIpc) is 3.11. The van der Waals surface area contributed by atoms with E-state index < -0.39 is 0 Å². The number of nitrogens with zero attached hydrogens (tertiary/aromatic N) is 2. The van der Waals surface area contributed by atoms with Crippen LogP contribution in [0.2, 0.25) is 5.02 Å². The Labute approximate surface area is 196 Å². The molecule has 1 heterocycles. The van der Waals surface area contributed by atoms with Crippen LogP contribution in [-0.2, 0) is 13.0 Å². The Morgan fingerprint density at radius 1 is 0.969 bits per heavy atom. The topological polar surface area (TPSA) is 31.1 Å². The minimum absolute atomic E-state index is 0.245. The van der Waals surface area contributed by atoms with Crippen LogP contribution < -0.4 is 10.1 Å². The lowest BCUT2D eigenvalue weighted by Crippen LogP contribution is -2.10. The van der Waals surface area contributed by atoms with Gasteiger partial charge in [0.2, 0.25) is 0 Å². The third kappa shape index (κ3) is 5.21. The van der Waals surface area contributed by atoms with E-state index in [2.05, 4.69) is 16.1 Å². The molecule has 4 nitrogen and oxygen atoms in total. The van der Waals surface area contributed by atoms with E-state index in [-0.39, 0.29) is 5.82 Å². The SMILES string of the molecule is COc1ccc(NCCn2cc(Cc3ccc(F)cc3)n(-c3ccc(Cl)cc3)c2=S)cc1. The third-order valence-electron chi connectivity index (χ3n) is 5.18. The highest BCUT2D eigenvalue weighted by Crippen LogP contribution is 2.21. The summed E-state index contributed by atoms with van der Waals surface area (Å²) in [5.41, 5.74) is 3.99. The molecule has 164 valence electrons. The largest absolute Gasteiger partial charge is 0.497 e. The first-order chi connectivity index (χ1) is 15.5. The number of ether oxygens (including phenoxy) is 1. The van der Waals surface area contributed by atoms with Crippen molar-refractivity contribution in [3.8, 4) is 11.4 Å². The van der Waals surface area contributed by atoms with Crippen LogP contribution in [0.15, 0.2) is 79.0 Å². The number of aromatic nitrogens is 2. The summed E-state index contributed by atoms with van der Waals surface area (Å²) < 4.78 is 23.3. The lowest BCUT2D eigenvalue weighted by atomic mass is 10.1. The number of methoxy groups -OCH3 is 1. The molecule has 0 spiro atoms. The lowest BCUT2D eigenvalue weighted by molar-refractivity contribution is 0.415. The van der Waals surface area contributed by atoms with Crippen LogP contribution in [0.4, 0.5) is 10.1 Å². The molecule has 1 N–H and O–H groups in total. The van der Waals surface area contributed by atoms with Gasteiger partial charge in [-0.2, -0.15) is 0 Å². The van der Waals surface area contributed by atoms with E-state index in [0.29, 0.717) is 29.3 Å². The van der Waals surface area contributed by atoms with Crippen LogP contribution in [0.25, 0.3) is 5.69 Å². The third-order valence-corrected chi connectivity index (χ3v) is 5.85. The lowest BCUT2D eigenvalue weighted by Gasteiger charge is -2.09. The van der Waals surface area contributed by atoms with Gasteiger partial charge in [-0.1, -0.05) is 23.7 Å². The molecule has 0 unspecified atom stereocenters. The van der Waals surface area contributed by atoms with E-state index in [1.54, 1.807) is 19.2 Å². The Hall–Kier alpha value is -3.09. The molecule has 1 aromatic heterocycles. The first-order valence-electron chi connectivity index (χ1n) is 10.2. The molecule has 0 amide bonds. The minimum atomic E-state index is -0.245. The summed E-state index contributed by atoms with van der Waals surface area (Å²) in [6.45, 7) is 1.41. The summed E-state index contributed by atoms with van der Waals surface area (Å²) in [5, 5.41) is 4.08. The number of nitrogens with one attached hydrogen (secondary N) is 1. The van der Waals surface area contributed by atoms with E-state index in [0.717, 1.165) is 28.4 Å². The van der Waals surface area contributed by atoms with Crippen LogP contribution >= 0.6 is 23.8 Å². The number of anilines is 1. The van der Waals surface area contributed by atoms with Gasteiger partial charge in [-0.05, 0) is 78.4 Å². The Morgan fingerprint density at radius 3 is 2.31 bits per heavy atom. The van der Waals surface area contributed by atoms with Gasteiger partial charge < -0.3 is 14.6 Å². The van der Waals surface area contributed by atoms with Gasteiger partial charge in [0.15, 0.2) is 4.77 Å². The Morgan fingerprint density at radius 2 is 1.66 bits per heavy atom. The molecule has 0 saturated carbocycles.